The van der Waals surface area contributed by atoms with E-state index < -0.39 is 16.6 Å². The van der Waals surface area contributed by atoms with E-state index in [1.165, 1.54) is 42.5 Å². The van der Waals surface area contributed by atoms with Gasteiger partial charge in [-0.2, -0.15) is 5.26 Å². The minimum atomic E-state index is -0.556. The molecule has 3 aromatic rings. The number of nitriles is 1. The van der Waals surface area contributed by atoms with Gasteiger partial charge in [-0.15, -0.1) is 0 Å². The highest BCUT2D eigenvalue weighted by molar-refractivity contribution is 7.99. The Kier molecular flexibility index (Phi) is 6.22. The lowest BCUT2D eigenvalue weighted by Gasteiger charge is -2.08. The summed E-state index contributed by atoms with van der Waals surface area (Å²) in [5, 5.41) is 22.8. The molecule has 0 aliphatic rings. The van der Waals surface area contributed by atoms with Crippen LogP contribution < -0.4 is 5.32 Å². The maximum Gasteiger partial charge on any atom is 0.284 e. The van der Waals surface area contributed by atoms with Crippen LogP contribution in [0.25, 0.3) is 0 Å². The van der Waals surface area contributed by atoms with Crippen LogP contribution in [0.1, 0.15) is 15.9 Å². The number of rotatable bonds is 6. The lowest BCUT2D eigenvalue weighted by molar-refractivity contribution is -0.387. The number of halogens is 1. The van der Waals surface area contributed by atoms with Gasteiger partial charge in [-0.1, -0.05) is 23.9 Å². The zero-order valence-corrected chi connectivity index (χ0v) is 15.8. The summed E-state index contributed by atoms with van der Waals surface area (Å²) in [6.07, 6.45) is 0.271. The van der Waals surface area contributed by atoms with Gasteiger partial charge in [-0.05, 0) is 54.1 Å². The van der Waals surface area contributed by atoms with Crippen molar-refractivity contribution in [2.24, 2.45) is 0 Å². The topological polar surface area (TPSA) is 96.0 Å². The van der Waals surface area contributed by atoms with E-state index in [2.05, 4.69) is 5.32 Å². The van der Waals surface area contributed by atoms with Gasteiger partial charge >= 0.3 is 0 Å². The Hall–Kier alpha value is -3.70. The van der Waals surface area contributed by atoms with Crippen molar-refractivity contribution in [1.29, 1.82) is 5.26 Å². The molecule has 0 radical (unpaired) electrons. The second kappa shape index (κ2) is 8.99. The fraction of sp³-hybridized carbons (Fsp3) is 0.0476. The van der Waals surface area contributed by atoms with Gasteiger partial charge in [-0.25, -0.2) is 4.39 Å². The second-order valence-corrected chi connectivity index (χ2v) is 7.10. The van der Waals surface area contributed by atoms with E-state index in [1.54, 1.807) is 24.3 Å². The van der Waals surface area contributed by atoms with Crippen molar-refractivity contribution in [3.05, 3.63) is 93.8 Å². The molecule has 0 aliphatic heterocycles. The normalized spacial score (nSPS) is 10.2. The van der Waals surface area contributed by atoms with E-state index in [9.17, 15) is 19.3 Å². The summed E-state index contributed by atoms with van der Waals surface area (Å²) in [5.41, 5.74) is 1.27. The number of nitrogens with zero attached hydrogens (tertiary/aromatic N) is 2. The molecule has 0 fully saturated rings. The number of hydrogen-bond donors (Lipinski definition) is 1. The van der Waals surface area contributed by atoms with Crippen LogP contribution in [0, 0.1) is 27.3 Å². The van der Waals surface area contributed by atoms with Crippen LogP contribution in [0.3, 0.4) is 0 Å². The van der Waals surface area contributed by atoms with Gasteiger partial charge in [0, 0.05) is 22.2 Å². The van der Waals surface area contributed by atoms with Gasteiger partial charge in [0.25, 0.3) is 11.6 Å². The van der Waals surface area contributed by atoms with Crippen LogP contribution in [0.15, 0.2) is 76.5 Å². The SMILES string of the molecule is N#CCc1ccc(NC(=O)c2ccc(Sc3ccc(F)cc3)c([N+](=O)[O-])c2)cc1. The minimum absolute atomic E-state index is 0.140. The number of benzene rings is 3. The zero-order valence-electron chi connectivity index (χ0n) is 15.0. The summed E-state index contributed by atoms with van der Waals surface area (Å²) < 4.78 is 13.0. The molecule has 0 unspecified atom stereocenters. The van der Waals surface area contributed by atoms with E-state index in [-0.39, 0.29) is 17.7 Å². The van der Waals surface area contributed by atoms with Crippen LogP contribution in [0.2, 0.25) is 0 Å². The van der Waals surface area contributed by atoms with Crippen LogP contribution in [-0.4, -0.2) is 10.8 Å². The van der Waals surface area contributed by atoms with E-state index in [0.29, 0.717) is 15.5 Å². The summed E-state index contributed by atoms with van der Waals surface area (Å²) in [7, 11) is 0. The molecule has 0 aliphatic carbocycles. The zero-order chi connectivity index (χ0) is 20.8. The molecular formula is C21H14FN3O3S. The lowest BCUT2D eigenvalue weighted by atomic mass is 10.1. The first-order valence-electron chi connectivity index (χ1n) is 8.45. The Morgan fingerprint density at radius 2 is 1.79 bits per heavy atom. The Morgan fingerprint density at radius 1 is 1.10 bits per heavy atom. The molecular weight excluding hydrogens is 393 g/mol. The molecule has 8 heteroatoms. The number of amides is 1. The van der Waals surface area contributed by atoms with Gasteiger partial charge in [0.15, 0.2) is 0 Å². The minimum Gasteiger partial charge on any atom is -0.322 e. The molecule has 3 rings (SSSR count). The molecule has 0 heterocycles. The highest BCUT2D eigenvalue weighted by Gasteiger charge is 2.19. The maximum absolute atomic E-state index is 13.0. The molecule has 1 amide bonds. The third-order valence-electron chi connectivity index (χ3n) is 3.95. The van der Waals surface area contributed by atoms with Gasteiger partial charge < -0.3 is 5.32 Å². The third kappa shape index (κ3) is 5.18. The first-order chi connectivity index (χ1) is 14.0. The van der Waals surface area contributed by atoms with Gasteiger partial charge in [0.1, 0.15) is 5.82 Å². The van der Waals surface area contributed by atoms with Gasteiger partial charge in [0.2, 0.25) is 0 Å². The van der Waals surface area contributed by atoms with Crippen LogP contribution in [0.4, 0.5) is 15.8 Å². The number of hydrogen-bond acceptors (Lipinski definition) is 5. The van der Waals surface area contributed by atoms with Crippen molar-refractivity contribution in [2.75, 3.05) is 5.32 Å². The van der Waals surface area contributed by atoms with E-state index in [0.717, 1.165) is 17.3 Å². The molecule has 0 aromatic heterocycles. The quantitative estimate of drug-likeness (QED) is 0.447. The monoisotopic (exact) mass is 407 g/mol. The van der Waals surface area contributed by atoms with Crippen molar-refractivity contribution in [3.63, 3.8) is 0 Å². The largest absolute Gasteiger partial charge is 0.322 e. The Labute approximate surface area is 170 Å². The van der Waals surface area contributed by atoms with E-state index in [1.807, 2.05) is 6.07 Å². The Balaban J connectivity index is 1.79. The number of nitro groups is 1. The smallest absolute Gasteiger partial charge is 0.284 e. The highest BCUT2D eigenvalue weighted by Crippen LogP contribution is 2.35. The Morgan fingerprint density at radius 3 is 2.41 bits per heavy atom. The summed E-state index contributed by atoms with van der Waals surface area (Å²) in [6.45, 7) is 0. The third-order valence-corrected chi connectivity index (χ3v) is 5.03. The first-order valence-corrected chi connectivity index (χ1v) is 9.27. The summed E-state index contributed by atoms with van der Waals surface area (Å²) in [4.78, 5) is 24.4. The second-order valence-electron chi connectivity index (χ2n) is 5.98. The number of nitro benzene ring substituents is 1. The number of nitrogens with one attached hydrogen (secondary N) is 1. The van der Waals surface area contributed by atoms with Crippen molar-refractivity contribution < 1.29 is 14.1 Å². The van der Waals surface area contributed by atoms with Crippen molar-refractivity contribution in [2.45, 2.75) is 16.2 Å². The molecule has 0 saturated carbocycles. The highest BCUT2D eigenvalue weighted by atomic mass is 32.2. The van der Waals surface area contributed by atoms with E-state index >= 15 is 0 Å². The van der Waals surface area contributed by atoms with Crippen LogP contribution in [-0.2, 0) is 6.42 Å². The molecule has 0 spiro atoms. The molecule has 0 saturated heterocycles. The standard InChI is InChI=1S/C21H14FN3O3S/c22-16-4-8-18(9-5-16)29-20-10-3-15(13-19(20)25(27)28)21(26)24-17-6-1-14(2-7-17)11-12-23/h1-10,13H,11H2,(H,24,26). The van der Waals surface area contributed by atoms with Crippen LogP contribution in [0.5, 0.6) is 0 Å². The van der Waals surface area contributed by atoms with Crippen molar-refractivity contribution >= 4 is 29.0 Å². The number of carbonyl (C=O) groups is 1. The average molecular weight is 407 g/mol. The van der Waals surface area contributed by atoms with Crippen molar-refractivity contribution in [1.82, 2.24) is 0 Å². The van der Waals surface area contributed by atoms with Gasteiger partial charge in [0.05, 0.1) is 22.3 Å². The molecule has 1 N–H and O–H groups in total. The first kappa shape index (κ1) is 20.0. The number of anilines is 1. The molecule has 0 bridgehead atoms. The predicted molar refractivity (Wildman–Crippen MR) is 107 cm³/mol. The van der Waals surface area contributed by atoms with Crippen LogP contribution >= 0.6 is 11.8 Å². The van der Waals surface area contributed by atoms with Gasteiger partial charge in [-0.3, -0.25) is 14.9 Å². The molecule has 0 atom stereocenters. The molecule has 6 nitrogen and oxygen atoms in total. The Bertz CT molecular complexity index is 1090. The van der Waals surface area contributed by atoms with Crippen molar-refractivity contribution in [3.8, 4) is 6.07 Å². The fourth-order valence-corrected chi connectivity index (χ4v) is 3.42. The summed E-state index contributed by atoms with van der Waals surface area (Å²) in [6, 6.07) is 18.6. The molecule has 29 heavy (non-hydrogen) atoms. The molecule has 3 aromatic carbocycles. The van der Waals surface area contributed by atoms with E-state index in [4.69, 9.17) is 5.26 Å². The lowest BCUT2D eigenvalue weighted by Crippen LogP contribution is -2.12. The predicted octanol–water partition coefficient (Wildman–Crippen LogP) is 5.20. The maximum atomic E-state index is 13.0. The average Bonchev–Trinajstić information content (AvgIpc) is 2.71. The summed E-state index contributed by atoms with van der Waals surface area (Å²) >= 11 is 1.12. The summed E-state index contributed by atoms with van der Waals surface area (Å²) in [5.74, 6) is -0.879. The molecule has 144 valence electrons. The fourth-order valence-electron chi connectivity index (χ4n) is 2.52. The number of carbonyl (C=O) groups excluding carboxylic acids is 1.